The van der Waals surface area contributed by atoms with E-state index >= 15 is 0 Å². The lowest BCUT2D eigenvalue weighted by Gasteiger charge is -2.35. The molecule has 0 spiro atoms. The first-order chi connectivity index (χ1) is 9.78. The summed E-state index contributed by atoms with van der Waals surface area (Å²) >= 11 is 0. The molecule has 1 unspecified atom stereocenters. The summed E-state index contributed by atoms with van der Waals surface area (Å²) in [5.41, 5.74) is 3.45. The third-order valence-electron chi connectivity index (χ3n) is 4.22. The molecule has 2 aromatic rings. The molecular formula is C17H22N2O. The molecule has 1 N–H and O–H groups in total. The lowest BCUT2D eigenvalue weighted by Crippen LogP contribution is -2.36. The molecule has 3 heteroatoms. The maximum absolute atomic E-state index is 9.16. The van der Waals surface area contributed by atoms with Crippen molar-refractivity contribution in [1.29, 1.82) is 0 Å². The monoisotopic (exact) mass is 270 g/mol. The Kier molecular flexibility index (Phi) is 3.88. The minimum atomic E-state index is 0.300. The van der Waals surface area contributed by atoms with E-state index in [9.17, 15) is 0 Å². The van der Waals surface area contributed by atoms with Crippen LogP contribution < -0.4 is 4.90 Å². The van der Waals surface area contributed by atoms with E-state index in [1.807, 2.05) is 6.07 Å². The summed E-state index contributed by atoms with van der Waals surface area (Å²) in [7, 11) is 0. The zero-order valence-electron chi connectivity index (χ0n) is 12.0. The molecule has 106 valence electrons. The molecule has 0 aliphatic carbocycles. The van der Waals surface area contributed by atoms with Crippen molar-refractivity contribution in [2.24, 2.45) is 5.92 Å². The molecule has 0 amide bonds. The second-order valence-electron chi connectivity index (χ2n) is 5.77. The fraction of sp³-hybridized carbons (Fsp3) is 0.471. The molecule has 0 bridgehead atoms. The van der Waals surface area contributed by atoms with Crippen molar-refractivity contribution in [2.45, 2.75) is 26.2 Å². The molecular weight excluding hydrogens is 248 g/mol. The van der Waals surface area contributed by atoms with Crippen molar-refractivity contribution in [1.82, 2.24) is 4.98 Å². The second kappa shape index (κ2) is 5.80. The Balaban J connectivity index is 1.96. The van der Waals surface area contributed by atoms with Crippen molar-refractivity contribution < 1.29 is 5.11 Å². The Bertz CT molecular complexity index is 595. The van der Waals surface area contributed by atoms with Gasteiger partial charge < -0.3 is 10.0 Å². The van der Waals surface area contributed by atoms with E-state index in [-0.39, 0.29) is 0 Å². The van der Waals surface area contributed by atoms with Crippen LogP contribution in [0.25, 0.3) is 10.9 Å². The zero-order chi connectivity index (χ0) is 13.9. The lowest BCUT2D eigenvalue weighted by molar-refractivity contribution is 0.244. The van der Waals surface area contributed by atoms with E-state index in [4.69, 9.17) is 5.11 Å². The van der Waals surface area contributed by atoms with Gasteiger partial charge in [0.15, 0.2) is 0 Å². The molecule has 0 radical (unpaired) electrons. The Morgan fingerprint density at radius 3 is 3.05 bits per heavy atom. The maximum atomic E-state index is 9.16. The number of fused-ring (bicyclic) bond motifs is 1. The third kappa shape index (κ3) is 2.63. The average Bonchev–Trinajstić information content (AvgIpc) is 2.47. The summed E-state index contributed by atoms with van der Waals surface area (Å²) in [5, 5.41) is 10.4. The van der Waals surface area contributed by atoms with Crippen molar-refractivity contribution in [3.05, 3.63) is 36.0 Å². The van der Waals surface area contributed by atoms with Crippen molar-refractivity contribution >= 4 is 16.6 Å². The van der Waals surface area contributed by atoms with Crippen LogP contribution in [-0.2, 0) is 0 Å². The quantitative estimate of drug-likeness (QED) is 0.931. The van der Waals surface area contributed by atoms with Gasteiger partial charge in [-0.2, -0.15) is 0 Å². The van der Waals surface area contributed by atoms with Crippen LogP contribution in [0.3, 0.4) is 0 Å². The third-order valence-corrected chi connectivity index (χ3v) is 4.22. The molecule has 3 rings (SSSR count). The number of hydrogen-bond acceptors (Lipinski definition) is 3. The van der Waals surface area contributed by atoms with Crippen LogP contribution in [0, 0.1) is 12.8 Å². The van der Waals surface area contributed by atoms with E-state index in [2.05, 4.69) is 41.1 Å². The summed E-state index contributed by atoms with van der Waals surface area (Å²) in [6.45, 7) is 4.52. The molecule has 0 saturated carbocycles. The number of nitrogens with zero attached hydrogens (tertiary/aromatic N) is 2. The predicted octanol–water partition coefficient (Wildman–Crippen LogP) is 3.14. The van der Waals surface area contributed by atoms with E-state index in [0.717, 1.165) is 30.7 Å². The van der Waals surface area contributed by atoms with Gasteiger partial charge in [-0.25, -0.2) is 0 Å². The van der Waals surface area contributed by atoms with Gasteiger partial charge in [0.05, 0.1) is 5.52 Å². The second-order valence-corrected chi connectivity index (χ2v) is 5.77. The first kappa shape index (κ1) is 13.4. The fourth-order valence-electron chi connectivity index (χ4n) is 3.25. The molecule has 1 aromatic carbocycles. The number of piperidine rings is 1. The highest BCUT2D eigenvalue weighted by molar-refractivity contribution is 5.92. The molecule has 1 aliphatic heterocycles. The van der Waals surface area contributed by atoms with E-state index in [1.165, 1.54) is 23.9 Å². The normalized spacial score (nSPS) is 19.5. The number of rotatable bonds is 3. The van der Waals surface area contributed by atoms with Gasteiger partial charge in [-0.05, 0) is 44.2 Å². The van der Waals surface area contributed by atoms with Gasteiger partial charge in [0.25, 0.3) is 0 Å². The maximum Gasteiger partial charge on any atom is 0.0726 e. The highest BCUT2D eigenvalue weighted by atomic mass is 16.3. The van der Waals surface area contributed by atoms with Gasteiger partial charge >= 0.3 is 0 Å². The van der Waals surface area contributed by atoms with Crippen LogP contribution in [0.15, 0.2) is 30.3 Å². The van der Waals surface area contributed by atoms with Crippen molar-refractivity contribution in [3.63, 3.8) is 0 Å². The largest absolute Gasteiger partial charge is 0.396 e. The van der Waals surface area contributed by atoms with Crippen molar-refractivity contribution in [2.75, 3.05) is 24.6 Å². The van der Waals surface area contributed by atoms with Gasteiger partial charge in [-0.15, -0.1) is 0 Å². The number of aliphatic hydroxyl groups excluding tert-OH is 1. The Labute approximate surface area is 120 Å². The van der Waals surface area contributed by atoms with Crippen LogP contribution in [0.2, 0.25) is 0 Å². The summed E-state index contributed by atoms with van der Waals surface area (Å²) in [6, 6.07) is 10.6. The summed E-state index contributed by atoms with van der Waals surface area (Å²) in [5.74, 6) is 0.612. The molecule has 2 heterocycles. The molecule has 1 atom stereocenters. The van der Waals surface area contributed by atoms with Crippen LogP contribution in [-0.4, -0.2) is 29.8 Å². The summed E-state index contributed by atoms with van der Waals surface area (Å²) in [6.07, 6.45) is 3.36. The molecule has 1 fully saturated rings. The first-order valence-electron chi connectivity index (χ1n) is 7.50. The van der Waals surface area contributed by atoms with E-state index in [1.54, 1.807) is 0 Å². The lowest BCUT2D eigenvalue weighted by atomic mass is 9.94. The van der Waals surface area contributed by atoms with Crippen LogP contribution in [0.5, 0.6) is 0 Å². The highest BCUT2D eigenvalue weighted by Gasteiger charge is 2.21. The van der Waals surface area contributed by atoms with E-state index < -0.39 is 0 Å². The van der Waals surface area contributed by atoms with Gasteiger partial charge in [-0.1, -0.05) is 18.2 Å². The zero-order valence-corrected chi connectivity index (χ0v) is 12.0. The minimum Gasteiger partial charge on any atom is -0.396 e. The number of aliphatic hydroxyl groups is 1. The van der Waals surface area contributed by atoms with Gasteiger partial charge in [-0.3, -0.25) is 4.98 Å². The first-order valence-corrected chi connectivity index (χ1v) is 7.50. The smallest absolute Gasteiger partial charge is 0.0726 e. The topological polar surface area (TPSA) is 36.4 Å². The number of aromatic nitrogens is 1. The molecule has 1 saturated heterocycles. The Morgan fingerprint density at radius 1 is 1.35 bits per heavy atom. The summed E-state index contributed by atoms with van der Waals surface area (Å²) in [4.78, 5) is 7.09. The van der Waals surface area contributed by atoms with Gasteiger partial charge in [0.1, 0.15) is 0 Å². The molecule has 3 nitrogen and oxygen atoms in total. The average molecular weight is 270 g/mol. The van der Waals surface area contributed by atoms with Crippen LogP contribution in [0.4, 0.5) is 5.69 Å². The predicted molar refractivity (Wildman–Crippen MR) is 83.1 cm³/mol. The molecule has 1 aliphatic rings. The Hall–Kier alpha value is -1.61. The number of benzene rings is 1. The standard InChI is InChI=1S/C17H22N2O/c1-13-11-17(15-6-2-3-7-16(15)18-13)19-9-4-5-14(12-19)8-10-20/h2-3,6-7,11,14,20H,4-5,8-10,12H2,1H3. The van der Waals surface area contributed by atoms with Crippen LogP contribution >= 0.6 is 0 Å². The molecule has 1 aromatic heterocycles. The number of anilines is 1. The summed E-state index contributed by atoms with van der Waals surface area (Å²) < 4.78 is 0. The van der Waals surface area contributed by atoms with Crippen molar-refractivity contribution in [3.8, 4) is 0 Å². The number of para-hydroxylation sites is 1. The van der Waals surface area contributed by atoms with Gasteiger partial charge in [0, 0.05) is 36.5 Å². The SMILES string of the molecule is Cc1cc(N2CCCC(CCO)C2)c2ccccc2n1. The fourth-order valence-corrected chi connectivity index (χ4v) is 3.25. The Morgan fingerprint density at radius 2 is 2.20 bits per heavy atom. The minimum absolute atomic E-state index is 0.300. The van der Waals surface area contributed by atoms with Crippen LogP contribution in [0.1, 0.15) is 25.0 Å². The van der Waals surface area contributed by atoms with Gasteiger partial charge in [0.2, 0.25) is 0 Å². The van der Waals surface area contributed by atoms with E-state index in [0.29, 0.717) is 12.5 Å². The molecule has 20 heavy (non-hydrogen) atoms. The number of pyridine rings is 1. The number of aryl methyl sites for hydroxylation is 1. The highest BCUT2D eigenvalue weighted by Crippen LogP contribution is 2.31. The number of hydrogen-bond donors (Lipinski definition) is 1.